The van der Waals surface area contributed by atoms with Gasteiger partial charge in [-0.2, -0.15) is 5.10 Å². The Bertz CT molecular complexity index is 1480. The van der Waals surface area contributed by atoms with Gasteiger partial charge in [0.15, 0.2) is 9.84 Å². The lowest BCUT2D eigenvalue weighted by molar-refractivity contribution is 0.0784. The third kappa shape index (κ3) is 4.00. The van der Waals surface area contributed by atoms with Gasteiger partial charge in [0.2, 0.25) is 0 Å². The van der Waals surface area contributed by atoms with Gasteiger partial charge in [0.25, 0.3) is 5.91 Å². The Balaban J connectivity index is 1.33. The molecule has 1 saturated heterocycles. The highest BCUT2D eigenvalue weighted by Crippen LogP contribution is 2.27. The van der Waals surface area contributed by atoms with E-state index in [9.17, 15) is 13.2 Å². The number of imidazole rings is 1. The van der Waals surface area contributed by atoms with Crippen LogP contribution in [0.3, 0.4) is 0 Å². The molecule has 0 saturated carbocycles. The first-order valence-corrected chi connectivity index (χ1v) is 13.1. The van der Waals surface area contributed by atoms with Crippen molar-refractivity contribution in [2.45, 2.75) is 32.9 Å². The topological polar surface area (TPSA) is 90.1 Å². The average molecular weight is 478 g/mol. The molecular formula is C25H27N5O3S. The predicted octanol–water partition coefficient (Wildman–Crippen LogP) is 3.47. The number of carbonyl (C=O) groups is 1. The molecule has 1 aliphatic rings. The molecule has 176 valence electrons. The number of para-hydroxylation sites is 2. The van der Waals surface area contributed by atoms with E-state index < -0.39 is 9.84 Å². The summed E-state index contributed by atoms with van der Waals surface area (Å²) in [6.07, 6.45) is 2.36. The lowest BCUT2D eigenvalue weighted by Gasteiger charge is -2.18. The zero-order valence-corrected chi connectivity index (χ0v) is 20.3. The van der Waals surface area contributed by atoms with Crippen LogP contribution in [0.2, 0.25) is 0 Å². The van der Waals surface area contributed by atoms with Crippen molar-refractivity contribution in [3.8, 4) is 5.69 Å². The zero-order chi connectivity index (χ0) is 24.0. The minimum atomic E-state index is -3.00. The quantitative estimate of drug-likeness (QED) is 0.439. The molecule has 1 fully saturated rings. The lowest BCUT2D eigenvalue weighted by atomic mass is 10.1. The molecule has 1 atom stereocenters. The van der Waals surface area contributed by atoms with Gasteiger partial charge < -0.3 is 4.90 Å². The van der Waals surface area contributed by atoms with Crippen molar-refractivity contribution in [3.05, 3.63) is 77.4 Å². The highest BCUT2D eigenvalue weighted by atomic mass is 32.2. The van der Waals surface area contributed by atoms with Gasteiger partial charge in [-0.3, -0.25) is 14.0 Å². The summed E-state index contributed by atoms with van der Waals surface area (Å²) < 4.78 is 27.6. The van der Waals surface area contributed by atoms with E-state index >= 15 is 0 Å². The van der Waals surface area contributed by atoms with E-state index in [-0.39, 0.29) is 23.5 Å². The summed E-state index contributed by atoms with van der Waals surface area (Å²) in [5.74, 6) is 0.244. The van der Waals surface area contributed by atoms with E-state index in [4.69, 9.17) is 0 Å². The SMILES string of the molecule is Cc1nn([C@H]2CCS(=O)(=O)C2)c(C)c1CN(C)C(=O)c1ccc(-n2cnc3ccccc32)cc1. The van der Waals surface area contributed by atoms with Crippen molar-refractivity contribution in [1.29, 1.82) is 0 Å². The molecule has 1 amide bonds. The molecule has 1 aliphatic heterocycles. The number of aromatic nitrogens is 4. The van der Waals surface area contributed by atoms with Crippen LogP contribution in [0.5, 0.6) is 0 Å². The van der Waals surface area contributed by atoms with Crippen molar-refractivity contribution in [3.63, 3.8) is 0 Å². The standard InChI is InChI=1S/C25H27N5O3S/c1-17-22(18(2)30(27-17)21-12-13-34(32,33)15-21)14-28(3)25(31)19-8-10-20(11-9-19)29-16-26-23-6-4-5-7-24(23)29/h4-11,16,21H,12-15H2,1-3H3/t21-/m0/s1. The van der Waals surface area contributed by atoms with E-state index in [2.05, 4.69) is 10.1 Å². The molecule has 0 radical (unpaired) electrons. The van der Waals surface area contributed by atoms with E-state index in [0.29, 0.717) is 18.5 Å². The number of nitrogens with zero attached hydrogens (tertiary/aromatic N) is 5. The number of hydrogen-bond acceptors (Lipinski definition) is 5. The summed E-state index contributed by atoms with van der Waals surface area (Å²) in [5.41, 5.74) is 6.17. The fourth-order valence-corrected chi connectivity index (χ4v) is 6.40. The summed E-state index contributed by atoms with van der Waals surface area (Å²) in [4.78, 5) is 19.2. The number of fused-ring (bicyclic) bond motifs is 1. The van der Waals surface area contributed by atoms with Gasteiger partial charge in [0.05, 0.1) is 34.3 Å². The van der Waals surface area contributed by atoms with Crippen molar-refractivity contribution in [2.75, 3.05) is 18.6 Å². The molecule has 8 nitrogen and oxygen atoms in total. The highest BCUT2D eigenvalue weighted by Gasteiger charge is 2.31. The van der Waals surface area contributed by atoms with Gasteiger partial charge >= 0.3 is 0 Å². The highest BCUT2D eigenvalue weighted by molar-refractivity contribution is 7.91. The number of aryl methyl sites for hydroxylation is 1. The predicted molar refractivity (Wildman–Crippen MR) is 131 cm³/mol. The number of rotatable bonds is 5. The monoisotopic (exact) mass is 477 g/mol. The number of carbonyl (C=O) groups excluding carboxylic acids is 1. The molecular weight excluding hydrogens is 450 g/mol. The Morgan fingerprint density at radius 3 is 2.56 bits per heavy atom. The Morgan fingerprint density at radius 2 is 1.85 bits per heavy atom. The minimum absolute atomic E-state index is 0.0861. The molecule has 4 aromatic rings. The molecule has 0 bridgehead atoms. The fourth-order valence-electron chi connectivity index (χ4n) is 4.71. The van der Waals surface area contributed by atoms with Crippen LogP contribution < -0.4 is 0 Å². The van der Waals surface area contributed by atoms with Gasteiger partial charge in [-0.25, -0.2) is 13.4 Å². The lowest BCUT2D eigenvalue weighted by Crippen LogP contribution is -2.26. The second kappa shape index (κ2) is 8.39. The molecule has 2 aromatic carbocycles. The Labute approximate surface area is 198 Å². The summed E-state index contributed by atoms with van der Waals surface area (Å²) >= 11 is 0. The third-order valence-corrected chi connectivity index (χ3v) is 8.37. The van der Waals surface area contributed by atoms with Crippen molar-refractivity contribution >= 4 is 26.8 Å². The van der Waals surface area contributed by atoms with Crippen LogP contribution in [0.15, 0.2) is 54.9 Å². The van der Waals surface area contributed by atoms with Crippen LogP contribution in [0.25, 0.3) is 16.7 Å². The fraction of sp³-hybridized carbons (Fsp3) is 0.320. The number of benzene rings is 2. The van der Waals surface area contributed by atoms with Gasteiger partial charge in [-0.05, 0) is 56.7 Å². The Hall–Kier alpha value is -3.46. The Morgan fingerprint density at radius 1 is 1.12 bits per heavy atom. The molecule has 0 spiro atoms. The zero-order valence-electron chi connectivity index (χ0n) is 19.5. The van der Waals surface area contributed by atoms with Crippen LogP contribution in [0.4, 0.5) is 0 Å². The van der Waals surface area contributed by atoms with E-state index in [1.807, 2.05) is 71.6 Å². The largest absolute Gasteiger partial charge is 0.337 e. The molecule has 0 aliphatic carbocycles. The maximum absolute atomic E-state index is 13.1. The average Bonchev–Trinajstić information content (AvgIpc) is 3.49. The van der Waals surface area contributed by atoms with Crippen LogP contribution in [-0.2, 0) is 16.4 Å². The summed E-state index contributed by atoms with van der Waals surface area (Å²) in [6.45, 7) is 4.26. The normalized spacial score (nSPS) is 17.3. The van der Waals surface area contributed by atoms with Crippen molar-refractivity contribution in [2.24, 2.45) is 0 Å². The van der Waals surface area contributed by atoms with Crippen LogP contribution in [0, 0.1) is 13.8 Å². The smallest absolute Gasteiger partial charge is 0.253 e. The molecule has 0 N–H and O–H groups in total. The third-order valence-electron chi connectivity index (χ3n) is 6.62. The summed E-state index contributed by atoms with van der Waals surface area (Å²) in [7, 11) is -1.23. The molecule has 3 heterocycles. The second-order valence-electron chi connectivity index (χ2n) is 8.96. The van der Waals surface area contributed by atoms with Gasteiger partial charge in [0, 0.05) is 36.1 Å². The Kier molecular flexibility index (Phi) is 5.51. The minimum Gasteiger partial charge on any atom is -0.337 e. The van der Waals surface area contributed by atoms with Crippen LogP contribution >= 0.6 is 0 Å². The second-order valence-corrected chi connectivity index (χ2v) is 11.2. The first-order chi connectivity index (χ1) is 16.2. The molecule has 9 heteroatoms. The van der Waals surface area contributed by atoms with Crippen molar-refractivity contribution in [1.82, 2.24) is 24.2 Å². The molecule has 2 aromatic heterocycles. The van der Waals surface area contributed by atoms with Crippen molar-refractivity contribution < 1.29 is 13.2 Å². The van der Waals surface area contributed by atoms with E-state index in [0.717, 1.165) is 33.7 Å². The maximum atomic E-state index is 13.1. The molecule has 5 rings (SSSR count). The first-order valence-electron chi connectivity index (χ1n) is 11.3. The molecule has 34 heavy (non-hydrogen) atoms. The number of sulfone groups is 1. The number of hydrogen-bond donors (Lipinski definition) is 0. The van der Waals surface area contributed by atoms with E-state index in [1.165, 1.54) is 0 Å². The van der Waals surface area contributed by atoms with E-state index in [1.54, 1.807) is 18.3 Å². The number of amides is 1. The van der Waals surface area contributed by atoms with Crippen LogP contribution in [-0.4, -0.2) is 57.1 Å². The van der Waals surface area contributed by atoms with Gasteiger partial charge in [0.1, 0.15) is 6.33 Å². The first kappa shape index (κ1) is 22.3. The van der Waals surface area contributed by atoms with Gasteiger partial charge in [-0.1, -0.05) is 12.1 Å². The van der Waals surface area contributed by atoms with Crippen LogP contribution in [0.1, 0.15) is 39.8 Å². The summed E-state index contributed by atoms with van der Waals surface area (Å²) in [5, 5.41) is 4.61. The molecule has 0 unspecified atom stereocenters. The summed E-state index contributed by atoms with van der Waals surface area (Å²) in [6, 6.07) is 15.3. The van der Waals surface area contributed by atoms with Gasteiger partial charge in [-0.15, -0.1) is 0 Å². The maximum Gasteiger partial charge on any atom is 0.253 e.